The number of carbonyl (C=O) groups excluding carboxylic acids is 1. The monoisotopic (exact) mass is 332 g/mol. The van der Waals surface area contributed by atoms with Crippen LogP contribution < -0.4 is 9.84 Å². The molecule has 2 rings (SSSR count). The second kappa shape index (κ2) is 6.21. The summed E-state index contributed by atoms with van der Waals surface area (Å²) in [5.41, 5.74) is 0. The number of ether oxygens (including phenoxy) is 1. The van der Waals surface area contributed by atoms with Gasteiger partial charge in [0.1, 0.15) is 5.75 Å². The Morgan fingerprint density at radius 3 is 2.48 bits per heavy atom. The van der Waals surface area contributed by atoms with Crippen molar-refractivity contribution >= 4 is 27.6 Å². The van der Waals surface area contributed by atoms with E-state index >= 15 is 0 Å². The summed E-state index contributed by atoms with van der Waals surface area (Å²) in [6.07, 6.45) is 0.511. The lowest BCUT2D eigenvalue weighted by Gasteiger charge is -2.31. The minimum absolute atomic E-state index is 0.0696. The molecule has 1 aliphatic heterocycles. The number of benzene rings is 1. The van der Waals surface area contributed by atoms with E-state index in [0.717, 1.165) is 0 Å². The van der Waals surface area contributed by atoms with E-state index in [9.17, 15) is 18.3 Å². The summed E-state index contributed by atoms with van der Waals surface area (Å²) in [5, 5.41) is 11.0. The maximum atomic E-state index is 12.5. The van der Waals surface area contributed by atoms with Crippen LogP contribution in [0.4, 0.5) is 0 Å². The van der Waals surface area contributed by atoms with E-state index in [0.29, 0.717) is 5.75 Å². The van der Waals surface area contributed by atoms with Gasteiger partial charge in [0.2, 0.25) is 10.0 Å². The molecule has 1 heterocycles. The Kier molecular flexibility index (Phi) is 4.75. The van der Waals surface area contributed by atoms with Gasteiger partial charge in [0.15, 0.2) is 0 Å². The van der Waals surface area contributed by atoms with Crippen LogP contribution in [-0.4, -0.2) is 38.9 Å². The number of carbonyl (C=O) groups is 1. The van der Waals surface area contributed by atoms with E-state index in [4.69, 9.17) is 16.3 Å². The van der Waals surface area contributed by atoms with Crippen molar-refractivity contribution < 1.29 is 23.1 Å². The van der Waals surface area contributed by atoms with E-state index in [1.165, 1.54) is 29.6 Å². The maximum absolute atomic E-state index is 12.5. The first-order valence-electron chi connectivity index (χ1n) is 6.41. The molecule has 116 valence electrons. The van der Waals surface area contributed by atoms with Crippen LogP contribution in [0.5, 0.6) is 5.75 Å². The van der Waals surface area contributed by atoms with Gasteiger partial charge < -0.3 is 14.6 Å². The molecule has 1 fully saturated rings. The standard InChI is InChI=1S/C13H16ClNO5S/c1-20-12-3-2-10(8-11(12)14)21(18,19)15-6-4-9(5-7-15)13(16)17/h2-3,8-9H,4-7H2,1H3,(H,16,17)/p-1. The van der Waals surface area contributed by atoms with Gasteiger partial charge in [0.05, 0.1) is 17.0 Å². The zero-order chi connectivity index (χ0) is 15.6. The van der Waals surface area contributed by atoms with Crippen LogP contribution in [0.3, 0.4) is 0 Å². The quantitative estimate of drug-likeness (QED) is 0.801. The van der Waals surface area contributed by atoms with Gasteiger partial charge in [-0.2, -0.15) is 4.31 Å². The Morgan fingerprint density at radius 2 is 2.00 bits per heavy atom. The smallest absolute Gasteiger partial charge is 0.243 e. The fraction of sp³-hybridized carbons (Fsp3) is 0.462. The van der Waals surface area contributed by atoms with Crippen LogP contribution in [0.15, 0.2) is 23.1 Å². The number of nitrogens with zero attached hydrogens (tertiary/aromatic N) is 1. The normalized spacial score (nSPS) is 17.6. The fourth-order valence-electron chi connectivity index (χ4n) is 2.29. The van der Waals surface area contributed by atoms with Crippen LogP contribution in [0, 0.1) is 5.92 Å². The molecule has 21 heavy (non-hydrogen) atoms. The summed E-state index contributed by atoms with van der Waals surface area (Å²) in [6.45, 7) is 0.315. The number of rotatable bonds is 4. The van der Waals surface area contributed by atoms with Crippen molar-refractivity contribution in [2.45, 2.75) is 17.7 Å². The molecule has 0 saturated carbocycles. The highest BCUT2D eigenvalue weighted by Gasteiger charge is 2.30. The molecule has 0 unspecified atom stereocenters. The van der Waals surface area contributed by atoms with Crippen molar-refractivity contribution in [3.8, 4) is 5.75 Å². The van der Waals surface area contributed by atoms with Crippen LogP contribution >= 0.6 is 11.6 Å². The van der Waals surface area contributed by atoms with Crippen molar-refractivity contribution in [3.63, 3.8) is 0 Å². The number of aliphatic carboxylic acids is 1. The molecule has 8 heteroatoms. The molecule has 0 aromatic heterocycles. The highest BCUT2D eigenvalue weighted by atomic mass is 35.5. The minimum Gasteiger partial charge on any atom is -0.550 e. The highest BCUT2D eigenvalue weighted by Crippen LogP contribution is 2.30. The van der Waals surface area contributed by atoms with Crippen LogP contribution in [0.25, 0.3) is 0 Å². The van der Waals surface area contributed by atoms with E-state index < -0.39 is 21.9 Å². The lowest BCUT2D eigenvalue weighted by molar-refractivity contribution is -0.312. The molecular formula is C13H15ClNO5S-. The van der Waals surface area contributed by atoms with Crippen LogP contribution in [-0.2, 0) is 14.8 Å². The third-order valence-corrected chi connectivity index (χ3v) is 5.74. The maximum Gasteiger partial charge on any atom is 0.243 e. The number of methoxy groups -OCH3 is 1. The number of piperidine rings is 1. The summed E-state index contributed by atoms with van der Waals surface area (Å²) in [4.78, 5) is 10.9. The van der Waals surface area contributed by atoms with Crippen molar-refractivity contribution in [2.24, 2.45) is 5.92 Å². The highest BCUT2D eigenvalue weighted by molar-refractivity contribution is 7.89. The Labute approximate surface area is 128 Å². The molecule has 1 aromatic carbocycles. The molecule has 6 nitrogen and oxygen atoms in total. The average Bonchev–Trinajstić information content (AvgIpc) is 2.47. The molecule has 0 bridgehead atoms. The van der Waals surface area contributed by atoms with Gasteiger partial charge in [-0.25, -0.2) is 8.42 Å². The molecule has 0 N–H and O–H groups in total. The Bertz CT molecular complexity index is 638. The van der Waals surface area contributed by atoms with E-state index in [1.807, 2.05) is 0 Å². The summed E-state index contributed by atoms with van der Waals surface area (Å²) < 4.78 is 31.2. The summed E-state index contributed by atoms with van der Waals surface area (Å²) in [5.74, 6) is -1.32. The number of carboxylic acid groups (broad SMARTS) is 1. The summed E-state index contributed by atoms with van der Waals surface area (Å²) in [7, 11) is -2.23. The molecule has 0 amide bonds. The van der Waals surface area contributed by atoms with Gasteiger partial charge >= 0.3 is 0 Å². The zero-order valence-corrected chi connectivity index (χ0v) is 13.0. The van der Waals surface area contributed by atoms with Crippen LogP contribution in [0.2, 0.25) is 5.02 Å². The van der Waals surface area contributed by atoms with Gasteiger partial charge in [-0.1, -0.05) is 11.6 Å². The molecule has 0 aliphatic carbocycles. The molecule has 1 saturated heterocycles. The van der Waals surface area contributed by atoms with Crippen LogP contribution in [0.1, 0.15) is 12.8 Å². The first-order valence-corrected chi connectivity index (χ1v) is 8.22. The summed E-state index contributed by atoms with van der Waals surface area (Å²) >= 11 is 5.95. The SMILES string of the molecule is COc1ccc(S(=O)(=O)N2CCC(C(=O)[O-])CC2)cc1Cl. The Balaban J connectivity index is 2.19. The third-order valence-electron chi connectivity index (χ3n) is 3.55. The largest absolute Gasteiger partial charge is 0.550 e. The lowest BCUT2D eigenvalue weighted by Crippen LogP contribution is -2.43. The van der Waals surface area contributed by atoms with Crippen molar-refractivity contribution in [1.82, 2.24) is 4.31 Å². The number of hydrogen-bond donors (Lipinski definition) is 0. The number of sulfonamides is 1. The first-order chi connectivity index (χ1) is 9.86. The first kappa shape index (κ1) is 16.1. The Hall–Kier alpha value is -1.31. The van der Waals surface area contributed by atoms with E-state index in [-0.39, 0.29) is 35.8 Å². The number of carboxylic acids is 1. The molecular weight excluding hydrogens is 318 g/mol. The average molecular weight is 333 g/mol. The second-order valence-electron chi connectivity index (χ2n) is 4.79. The van der Waals surface area contributed by atoms with Crippen molar-refractivity contribution in [2.75, 3.05) is 20.2 Å². The zero-order valence-electron chi connectivity index (χ0n) is 11.4. The molecule has 0 radical (unpaired) electrons. The molecule has 1 aliphatic rings. The topological polar surface area (TPSA) is 86.7 Å². The van der Waals surface area contributed by atoms with Crippen molar-refractivity contribution in [1.29, 1.82) is 0 Å². The third kappa shape index (κ3) is 3.30. The van der Waals surface area contributed by atoms with Gasteiger partial charge in [-0.05, 0) is 31.0 Å². The van der Waals surface area contributed by atoms with Crippen molar-refractivity contribution in [3.05, 3.63) is 23.2 Å². The van der Waals surface area contributed by atoms with Gasteiger partial charge in [0.25, 0.3) is 0 Å². The number of halogens is 1. The molecule has 0 spiro atoms. The van der Waals surface area contributed by atoms with E-state index in [1.54, 1.807) is 0 Å². The lowest BCUT2D eigenvalue weighted by atomic mass is 9.99. The molecule has 0 atom stereocenters. The molecule has 1 aromatic rings. The number of hydrogen-bond acceptors (Lipinski definition) is 5. The fourth-order valence-corrected chi connectivity index (χ4v) is 4.11. The minimum atomic E-state index is -3.68. The Morgan fingerprint density at radius 1 is 1.38 bits per heavy atom. The van der Waals surface area contributed by atoms with Gasteiger partial charge in [-0.3, -0.25) is 0 Å². The predicted octanol–water partition coefficient (Wildman–Crippen LogP) is 0.499. The van der Waals surface area contributed by atoms with Gasteiger partial charge in [-0.15, -0.1) is 0 Å². The second-order valence-corrected chi connectivity index (χ2v) is 7.14. The predicted molar refractivity (Wildman–Crippen MR) is 74.5 cm³/mol. The van der Waals surface area contributed by atoms with E-state index in [2.05, 4.69) is 0 Å². The van der Waals surface area contributed by atoms with Gasteiger partial charge in [0, 0.05) is 25.0 Å². The summed E-state index contributed by atoms with van der Waals surface area (Å²) in [6, 6.07) is 4.24.